The summed E-state index contributed by atoms with van der Waals surface area (Å²) in [6.07, 6.45) is 6.90. The zero-order valence-electron chi connectivity index (χ0n) is 16.4. The molecule has 3 unspecified atom stereocenters. The van der Waals surface area contributed by atoms with Gasteiger partial charge in [-0.2, -0.15) is 0 Å². The monoisotopic (exact) mass is 471 g/mol. The summed E-state index contributed by atoms with van der Waals surface area (Å²) in [7, 11) is 0.973. The van der Waals surface area contributed by atoms with Crippen LogP contribution in [0.3, 0.4) is 0 Å². The van der Waals surface area contributed by atoms with Crippen LogP contribution in [-0.2, 0) is 10.8 Å². The van der Waals surface area contributed by atoms with Gasteiger partial charge in [0, 0.05) is 40.9 Å². The number of rotatable bonds is 6. The van der Waals surface area contributed by atoms with Crippen molar-refractivity contribution >= 4 is 40.7 Å². The van der Waals surface area contributed by atoms with E-state index in [2.05, 4.69) is 29.5 Å². The van der Waals surface area contributed by atoms with E-state index >= 15 is 0 Å². The fourth-order valence-corrected chi connectivity index (χ4v) is 4.08. The van der Waals surface area contributed by atoms with Gasteiger partial charge in [0.05, 0.1) is 0 Å². The smallest absolute Gasteiger partial charge is 0.191 e. The molecule has 0 aromatic rings. The highest BCUT2D eigenvalue weighted by molar-refractivity contribution is 14.0. The molecule has 1 fully saturated rings. The van der Waals surface area contributed by atoms with E-state index in [4.69, 9.17) is 0 Å². The molecule has 0 aromatic carbocycles. The van der Waals surface area contributed by atoms with E-state index in [-0.39, 0.29) is 28.7 Å². The minimum atomic E-state index is -0.826. The zero-order chi connectivity index (χ0) is 17.5. The Kier molecular flexibility index (Phi) is 11.8. The number of nitrogens with zero attached hydrogens (tertiary/aromatic N) is 1. The molecule has 2 N–H and O–H groups in total. The molecule has 144 valence electrons. The maximum absolute atomic E-state index is 12.1. The zero-order valence-corrected chi connectivity index (χ0v) is 19.5. The van der Waals surface area contributed by atoms with E-state index in [1.807, 2.05) is 20.8 Å². The SMILES string of the molecule is CN=C(NCCS(=O)C(C)(C)C)NC(C)C(C)C1CCCCC1.I. The Morgan fingerprint density at radius 1 is 1.21 bits per heavy atom. The fraction of sp³-hybridized carbons (Fsp3) is 0.944. The molecule has 0 saturated heterocycles. The van der Waals surface area contributed by atoms with Gasteiger partial charge in [-0.25, -0.2) is 0 Å². The first-order valence-corrected chi connectivity index (χ1v) is 10.4. The van der Waals surface area contributed by atoms with Gasteiger partial charge in [0.15, 0.2) is 5.96 Å². The second kappa shape index (κ2) is 11.7. The van der Waals surface area contributed by atoms with Crippen LogP contribution in [0.2, 0.25) is 0 Å². The molecule has 0 aromatic heterocycles. The first-order valence-electron chi connectivity index (χ1n) is 9.11. The maximum Gasteiger partial charge on any atom is 0.191 e. The van der Waals surface area contributed by atoms with E-state index < -0.39 is 10.8 Å². The second-order valence-corrected chi connectivity index (χ2v) is 10.2. The second-order valence-electron chi connectivity index (χ2n) is 7.85. The van der Waals surface area contributed by atoms with Crippen LogP contribution in [0, 0.1) is 11.8 Å². The number of hydrogen-bond acceptors (Lipinski definition) is 2. The highest BCUT2D eigenvalue weighted by Gasteiger charge is 2.25. The van der Waals surface area contributed by atoms with Crippen LogP contribution < -0.4 is 10.6 Å². The molecule has 1 aliphatic rings. The third kappa shape index (κ3) is 8.50. The molecule has 24 heavy (non-hydrogen) atoms. The van der Waals surface area contributed by atoms with E-state index in [9.17, 15) is 4.21 Å². The highest BCUT2D eigenvalue weighted by atomic mass is 127. The minimum absolute atomic E-state index is 0. The van der Waals surface area contributed by atoms with Gasteiger partial charge in [-0.15, -0.1) is 24.0 Å². The molecule has 0 heterocycles. The Bertz CT molecular complexity index is 404. The molecule has 0 radical (unpaired) electrons. The highest BCUT2D eigenvalue weighted by Crippen LogP contribution is 2.31. The largest absolute Gasteiger partial charge is 0.355 e. The van der Waals surface area contributed by atoms with E-state index in [0.717, 1.165) is 11.9 Å². The van der Waals surface area contributed by atoms with Crippen molar-refractivity contribution in [3.8, 4) is 0 Å². The normalized spacial score (nSPS) is 20.7. The molecule has 6 heteroatoms. The average Bonchev–Trinajstić information content (AvgIpc) is 2.52. The van der Waals surface area contributed by atoms with Crippen molar-refractivity contribution < 1.29 is 4.21 Å². The van der Waals surface area contributed by atoms with Crippen molar-refractivity contribution in [2.75, 3.05) is 19.3 Å². The van der Waals surface area contributed by atoms with Crippen LogP contribution in [0.15, 0.2) is 4.99 Å². The van der Waals surface area contributed by atoms with Crippen molar-refractivity contribution in [2.24, 2.45) is 16.8 Å². The Hall–Kier alpha value is 0.150. The summed E-state index contributed by atoms with van der Waals surface area (Å²) in [5, 5.41) is 6.82. The van der Waals surface area contributed by atoms with Crippen LogP contribution >= 0.6 is 24.0 Å². The van der Waals surface area contributed by atoms with E-state index in [1.54, 1.807) is 7.05 Å². The average molecular weight is 471 g/mol. The van der Waals surface area contributed by atoms with Gasteiger partial charge in [-0.05, 0) is 39.5 Å². The van der Waals surface area contributed by atoms with E-state index in [0.29, 0.717) is 24.3 Å². The lowest BCUT2D eigenvalue weighted by Gasteiger charge is -2.33. The maximum atomic E-state index is 12.1. The van der Waals surface area contributed by atoms with Crippen LogP contribution in [0.4, 0.5) is 0 Å². The number of aliphatic imine (C=N–C) groups is 1. The third-order valence-corrected chi connectivity index (χ3v) is 6.97. The molecular weight excluding hydrogens is 433 g/mol. The summed E-state index contributed by atoms with van der Waals surface area (Å²) in [5.74, 6) is 2.96. The van der Waals surface area contributed by atoms with Gasteiger partial charge in [0.1, 0.15) is 0 Å². The summed E-state index contributed by atoms with van der Waals surface area (Å²) in [4.78, 5) is 4.31. The van der Waals surface area contributed by atoms with Gasteiger partial charge < -0.3 is 10.6 Å². The molecule has 1 aliphatic carbocycles. The van der Waals surface area contributed by atoms with Crippen molar-refractivity contribution in [1.82, 2.24) is 10.6 Å². The van der Waals surface area contributed by atoms with Crippen LogP contribution in [0.1, 0.15) is 66.7 Å². The number of guanidine groups is 1. The molecule has 1 rings (SSSR count). The molecule has 0 bridgehead atoms. The molecule has 4 nitrogen and oxygen atoms in total. The Balaban J connectivity index is 0.00000529. The summed E-state index contributed by atoms with van der Waals surface area (Å²) < 4.78 is 11.9. The van der Waals surface area contributed by atoms with Crippen molar-refractivity contribution in [1.29, 1.82) is 0 Å². The van der Waals surface area contributed by atoms with Gasteiger partial charge in [-0.1, -0.05) is 39.0 Å². The molecule has 3 atom stereocenters. The van der Waals surface area contributed by atoms with Crippen LogP contribution in [0.5, 0.6) is 0 Å². The standard InChI is InChI=1S/C18H37N3OS.HI/c1-14(16-10-8-7-9-11-16)15(2)21-17(19-6)20-12-13-23(22)18(3,4)5;/h14-16H,7-13H2,1-6H3,(H2,19,20,21);1H. The molecule has 0 aliphatic heterocycles. The number of nitrogens with one attached hydrogen (secondary N) is 2. The lowest BCUT2D eigenvalue weighted by molar-refractivity contribution is 0.229. The summed E-state index contributed by atoms with van der Waals surface area (Å²) in [5.41, 5.74) is 0. The van der Waals surface area contributed by atoms with Crippen LogP contribution in [-0.4, -0.2) is 40.3 Å². The van der Waals surface area contributed by atoms with Crippen molar-refractivity contribution in [3.05, 3.63) is 0 Å². The summed E-state index contributed by atoms with van der Waals surface area (Å²) in [6.45, 7) is 11.3. The van der Waals surface area contributed by atoms with Gasteiger partial charge in [0.2, 0.25) is 0 Å². The van der Waals surface area contributed by atoms with Gasteiger partial charge in [0.25, 0.3) is 0 Å². The molecule has 0 amide bonds. The van der Waals surface area contributed by atoms with Crippen molar-refractivity contribution in [2.45, 2.75) is 77.5 Å². The predicted molar refractivity (Wildman–Crippen MR) is 118 cm³/mol. The summed E-state index contributed by atoms with van der Waals surface area (Å²) >= 11 is 0. The summed E-state index contributed by atoms with van der Waals surface area (Å²) in [6, 6.07) is 0.400. The van der Waals surface area contributed by atoms with Gasteiger partial charge in [-0.3, -0.25) is 9.20 Å². The topological polar surface area (TPSA) is 53.5 Å². The fourth-order valence-electron chi connectivity index (χ4n) is 3.18. The Morgan fingerprint density at radius 2 is 1.79 bits per heavy atom. The lowest BCUT2D eigenvalue weighted by Crippen LogP contribution is -2.47. The van der Waals surface area contributed by atoms with Crippen molar-refractivity contribution in [3.63, 3.8) is 0 Å². The van der Waals surface area contributed by atoms with Gasteiger partial charge >= 0.3 is 0 Å². The quantitative estimate of drug-likeness (QED) is 0.351. The lowest BCUT2D eigenvalue weighted by atomic mass is 9.78. The number of halogens is 1. The Labute approximate surface area is 168 Å². The molecular formula is C18H38IN3OS. The number of hydrogen-bond donors (Lipinski definition) is 2. The molecule has 1 saturated carbocycles. The minimum Gasteiger partial charge on any atom is -0.355 e. The Morgan fingerprint density at radius 3 is 2.29 bits per heavy atom. The first kappa shape index (κ1) is 24.1. The first-order chi connectivity index (χ1) is 10.8. The third-order valence-electron chi connectivity index (χ3n) is 5.03. The van der Waals surface area contributed by atoms with E-state index in [1.165, 1.54) is 32.1 Å². The molecule has 0 spiro atoms. The predicted octanol–water partition coefficient (Wildman–Crippen LogP) is 3.92. The van der Waals surface area contributed by atoms with Crippen LogP contribution in [0.25, 0.3) is 0 Å².